The van der Waals surface area contributed by atoms with Gasteiger partial charge in [0.05, 0.1) is 18.6 Å². The van der Waals surface area contributed by atoms with Crippen LogP contribution in [0.1, 0.15) is 11.1 Å². The largest absolute Gasteiger partial charge is 0.497 e. The molecule has 1 N–H and O–H groups in total. The highest BCUT2D eigenvalue weighted by atomic mass is 32.2. The van der Waals surface area contributed by atoms with Crippen LogP contribution in [0.2, 0.25) is 0 Å². The highest BCUT2D eigenvalue weighted by Gasteiger charge is 2.16. The molecule has 130 valence electrons. The molecule has 0 unspecified atom stereocenters. The van der Waals surface area contributed by atoms with E-state index in [1.54, 1.807) is 16.8 Å². The third-order valence-corrected chi connectivity index (χ3v) is 4.94. The molecule has 0 atom stereocenters. The van der Waals surface area contributed by atoms with Crippen molar-refractivity contribution in [1.82, 2.24) is 14.8 Å². The number of benzene rings is 2. The lowest BCUT2D eigenvalue weighted by atomic mass is 10.1. The van der Waals surface area contributed by atoms with Crippen molar-refractivity contribution in [1.29, 1.82) is 0 Å². The quantitative estimate of drug-likeness (QED) is 0.731. The summed E-state index contributed by atoms with van der Waals surface area (Å²) < 4.78 is 33.7. The maximum absolute atomic E-state index is 12.4. The lowest BCUT2D eigenvalue weighted by molar-refractivity contribution is 0.414. The summed E-state index contributed by atoms with van der Waals surface area (Å²) in [7, 11) is -2.23. The summed E-state index contributed by atoms with van der Waals surface area (Å²) in [6.45, 7) is 2.53. The molecule has 3 aromatic rings. The van der Waals surface area contributed by atoms with Crippen molar-refractivity contribution in [2.75, 3.05) is 11.8 Å². The molecule has 7 nitrogen and oxygen atoms in total. The van der Waals surface area contributed by atoms with E-state index in [1.807, 2.05) is 31.2 Å². The summed E-state index contributed by atoms with van der Waals surface area (Å²) in [5.74, 6) is 0.613. The monoisotopic (exact) mass is 358 g/mol. The molecular weight excluding hydrogens is 340 g/mol. The van der Waals surface area contributed by atoms with E-state index in [2.05, 4.69) is 14.8 Å². The van der Waals surface area contributed by atoms with Gasteiger partial charge in [0.15, 0.2) is 0 Å². The van der Waals surface area contributed by atoms with Crippen molar-refractivity contribution in [2.45, 2.75) is 18.4 Å². The molecule has 0 aliphatic carbocycles. The normalized spacial score (nSPS) is 11.3. The smallest absolute Gasteiger partial charge is 0.264 e. The summed E-state index contributed by atoms with van der Waals surface area (Å²) in [5, 5.41) is 4.16. The zero-order valence-corrected chi connectivity index (χ0v) is 14.7. The van der Waals surface area contributed by atoms with E-state index < -0.39 is 10.0 Å². The lowest BCUT2D eigenvalue weighted by Gasteiger charge is -2.06. The minimum atomic E-state index is -3.75. The second-order valence-corrected chi connectivity index (χ2v) is 7.21. The molecule has 0 radical (unpaired) electrons. The minimum absolute atomic E-state index is 0.0305. The van der Waals surface area contributed by atoms with Gasteiger partial charge >= 0.3 is 0 Å². The first-order valence-electron chi connectivity index (χ1n) is 7.58. The SMILES string of the molecule is COc1ccc(S(=O)(=O)Nc2ncn(Cc3ccc(C)cc3)n2)cc1. The first-order chi connectivity index (χ1) is 12.0. The number of hydrogen-bond acceptors (Lipinski definition) is 5. The number of nitrogens with one attached hydrogen (secondary N) is 1. The Morgan fingerprint density at radius 1 is 1.08 bits per heavy atom. The van der Waals surface area contributed by atoms with Crippen LogP contribution < -0.4 is 9.46 Å². The Bertz CT molecular complexity index is 948. The van der Waals surface area contributed by atoms with Gasteiger partial charge in [-0.2, -0.15) is 4.98 Å². The van der Waals surface area contributed by atoms with Crippen LogP contribution in [0.5, 0.6) is 5.75 Å². The molecule has 25 heavy (non-hydrogen) atoms. The van der Waals surface area contributed by atoms with E-state index in [-0.39, 0.29) is 10.8 Å². The van der Waals surface area contributed by atoms with E-state index in [1.165, 1.54) is 31.1 Å². The van der Waals surface area contributed by atoms with E-state index in [9.17, 15) is 8.42 Å². The number of methoxy groups -OCH3 is 1. The summed E-state index contributed by atoms with van der Waals surface area (Å²) in [6, 6.07) is 14.1. The number of aromatic nitrogens is 3. The fourth-order valence-corrected chi connectivity index (χ4v) is 3.18. The molecule has 2 aromatic carbocycles. The number of rotatable bonds is 6. The predicted octanol–water partition coefficient (Wildman–Crippen LogP) is 2.44. The molecule has 0 spiro atoms. The number of nitrogens with zero attached hydrogens (tertiary/aromatic N) is 3. The second kappa shape index (κ2) is 6.94. The fraction of sp³-hybridized carbons (Fsp3) is 0.176. The number of ether oxygens (including phenoxy) is 1. The van der Waals surface area contributed by atoms with Crippen LogP contribution >= 0.6 is 0 Å². The van der Waals surface area contributed by atoms with Gasteiger partial charge < -0.3 is 4.74 Å². The van der Waals surface area contributed by atoms with Crippen LogP contribution in [0, 0.1) is 6.92 Å². The molecule has 3 rings (SSSR count). The maximum Gasteiger partial charge on any atom is 0.264 e. The third kappa shape index (κ3) is 4.16. The molecule has 8 heteroatoms. The summed E-state index contributed by atoms with van der Waals surface area (Å²) in [5.41, 5.74) is 2.23. The van der Waals surface area contributed by atoms with Gasteiger partial charge in [0.25, 0.3) is 16.0 Å². The maximum atomic E-state index is 12.4. The van der Waals surface area contributed by atoms with E-state index in [0.29, 0.717) is 12.3 Å². The Hall–Kier alpha value is -2.87. The van der Waals surface area contributed by atoms with Gasteiger partial charge in [-0.05, 0) is 36.8 Å². The van der Waals surface area contributed by atoms with Gasteiger partial charge in [-0.25, -0.2) is 17.8 Å². The average molecular weight is 358 g/mol. The Kier molecular flexibility index (Phi) is 4.71. The molecule has 0 saturated carbocycles. The highest BCUT2D eigenvalue weighted by molar-refractivity contribution is 7.92. The van der Waals surface area contributed by atoms with Crippen LogP contribution in [0.4, 0.5) is 5.95 Å². The standard InChI is InChI=1S/C17H18N4O3S/c1-13-3-5-14(6-4-13)11-21-12-18-17(19-21)20-25(22,23)16-9-7-15(24-2)8-10-16/h3-10,12H,11H2,1-2H3,(H,19,20). The van der Waals surface area contributed by atoms with Crippen molar-refractivity contribution in [3.05, 3.63) is 66.0 Å². The molecule has 0 aliphatic heterocycles. The topological polar surface area (TPSA) is 86.1 Å². The molecule has 0 fully saturated rings. The van der Waals surface area contributed by atoms with Crippen LogP contribution in [-0.4, -0.2) is 30.3 Å². The second-order valence-electron chi connectivity index (χ2n) is 5.53. The van der Waals surface area contributed by atoms with Gasteiger partial charge in [0, 0.05) is 0 Å². The zero-order valence-electron chi connectivity index (χ0n) is 13.9. The first kappa shape index (κ1) is 17.0. The van der Waals surface area contributed by atoms with Crippen molar-refractivity contribution >= 4 is 16.0 Å². The Morgan fingerprint density at radius 3 is 2.40 bits per heavy atom. The first-order valence-corrected chi connectivity index (χ1v) is 9.06. The molecule has 0 bridgehead atoms. The van der Waals surface area contributed by atoms with Crippen LogP contribution in [0.25, 0.3) is 0 Å². The average Bonchev–Trinajstić information content (AvgIpc) is 3.03. The fourth-order valence-electron chi connectivity index (χ4n) is 2.23. The van der Waals surface area contributed by atoms with E-state index in [4.69, 9.17) is 4.74 Å². The van der Waals surface area contributed by atoms with Gasteiger partial charge in [0.2, 0.25) is 0 Å². The Morgan fingerprint density at radius 2 is 1.76 bits per heavy atom. The Balaban J connectivity index is 1.72. The molecule has 0 aliphatic rings. The lowest BCUT2D eigenvalue weighted by Crippen LogP contribution is -2.14. The molecular formula is C17H18N4O3S. The van der Waals surface area contributed by atoms with Gasteiger partial charge in [0.1, 0.15) is 12.1 Å². The number of hydrogen-bond donors (Lipinski definition) is 1. The van der Waals surface area contributed by atoms with Crippen LogP contribution in [0.3, 0.4) is 0 Å². The van der Waals surface area contributed by atoms with Crippen LogP contribution in [-0.2, 0) is 16.6 Å². The third-order valence-electron chi connectivity index (χ3n) is 3.60. The molecule has 1 heterocycles. The zero-order chi connectivity index (χ0) is 17.9. The molecule has 0 amide bonds. The van der Waals surface area contributed by atoms with Gasteiger partial charge in [-0.3, -0.25) is 0 Å². The van der Waals surface area contributed by atoms with Crippen molar-refractivity contribution in [3.8, 4) is 5.75 Å². The summed E-state index contributed by atoms with van der Waals surface area (Å²) in [6.07, 6.45) is 1.49. The number of aryl methyl sites for hydroxylation is 1. The highest BCUT2D eigenvalue weighted by Crippen LogP contribution is 2.17. The van der Waals surface area contributed by atoms with E-state index in [0.717, 1.165) is 5.56 Å². The summed E-state index contributed by atoms with van der Waals surface area (Å²) >= 11 is 0. The van der Waals surface area contributed by atoms with E-state index >= 15 is 0 Å². The predicted molar refractivity (Wildman–Crippen MR) is 94.1 cm³/mol. The number of sulfonamides is 1. The summed E-state index contributed by atoms with van der Waals surface area (Å²) in [4.78, 5) is 4.13. The van der Waals surface area contributed by atoms with Crippen molar-refractivity contribution in [2.24, 2.45) is 0 Å². The van der Waals surface area contributed by atoms with Crippen molar-refractivity contribution in [3.63, 3.8) is 0 Å². The van der Waals surface area contributed by atoms with Crippen molar-refractivity contribution < 1.29 is 13.2 Å². The Labute approximate surface area is 146 Å². The van der Waals surface area contributed by atoms with Gasteiger partial charge in [-0.1, -0.05) is 29.8 Å². The minimum Gasteiger partial charge on any atom is -0.497 e. The van der Waals surface area contributed by atoms with Gasteiger partial charge in [-0.15, -0.1) is 5.10 Å². The number of anilines is 1. The van der Waals surface area contributed by atoms with Crippen LogP contribution in [0.15, 0.2) is 59.8 Å². The molecule has 0 saturated heterocycles. The molecule has 1 aromatic heterocycles.